The number of ether oxygens (including phenoxy) is 1. The lowest BCUT2D eigenvalue weighted by Crippen LogP contribution is -2.16. The molecular formula is C12H18ClNO3S. The first-order valence-electron chi connectivity index (χ1n) is 5.69. The number of hydrogen-bond acceptors (Lipinski definition) is 4. The fraction of sp³-hybridized carbons (Fsp3) is 0.500. The third-order valence-electron chi connectivity index (χ3n) is 2.26. The summed E-state index contributed by atoms with van der Waals surface area (Å²) >= 11 is 5.88. The lowest BCUT2D eigenvalue weighted by Gasteiger charge is -2.10. The standard InChI is InChI=1S/C12H18ClNO3S/c1-9(2)8-17-6-7-18(15,16)12-10(13)4-3-5-11(12)14/h3-5,9H,6-8,14H2,1-2H3. The van der Waals surface area contributed by atoms with Crippen molar-refractivity contribution in [2.75, 3.05) is 24.7 Å². The van der Waals surface area contributed by atoms with Crippen molar-refractivity contribution in [3.8, 4) is 0 Å². The Balaban J connectivity index is 2.75. The Morgan fingerprint density at radius 3 is 2.61 bits per heavy atom. The molecule has 4 nitrogen and oxygen atoms in total. The van der Waals surface area contributed by atoms with E-state index in [1.165, 1.54) is 12.1 Å². The minimum absolute atomic E-state index is 0.000173. The van der Waals surface area contributed by atoms with Crippen LogP contribution in [-0.4, -0.2) is 27.4 Å². The Morgan fingerprint density at radius 1 is 1.39 bits per heavy atom. The molecular weight excluding hydrogens is 274 g/mol. The number of nitrogens with two attached hydrogens (primary N) is 1. The predicted octanol–water partition coefficient (Wildman–Crippen LogP) is 2.37. The molecule has 1 aromatic rings. The molecule has 0 fully saturated rings. The molecule has 102 valence electrons. The summed E-state index contributed by atoms with van der Waals surface area (Å²) in [7, 11) is -3.50. The Morgan fingerprint density at radius 2 is 2.06 bits per heavy atom. The minimum atomic E-state index is -3.50. The van der Waals surface area contributed by atoms with Crippen molar-refractivity contribution in [3.63, 3.8) is 0 Å². The third-order valence-corrected chi connectivity index (χ3v) is 4.46. The molecule has 0 saturated carbocycles. The zero-order chi connectivity index (χ0) is 13.8. The van der Waals surface area contributed by atoms with E-state index in [-0.39, 0.29) is 28.0 Å². The van der Waals surface area contributed by atoms with E-state index in [4.69, 9.17) is 22.1 Å². The van der Waals surface area contributed by atoms with Gasteiger partial charge in [-0.05, 0) is 18.1 Å². The van der Waals surface area contributed by atoms with Gasteiger partial charge in [0.1, 0.15) is 4.90 Å². The maximum Gasteiger partial charge on any atom is 0.184 e. The van der Waals surface area contributed by atoms with E-state index in [2.05, 4.69) is 0 Å². The summed E-state index contributed by atoms with van der Waals surface area (Å²) < 4.78 is 29.4. The maximum atomic E-state index is 12.1. The highest BCUT2D eigenvalue weighted by Crippen LogP contribution is 2.27. The van der Waals surface area contributed by atoms with Crippen LogP contribution in [0.5, 0.6) is 0 Å². The second-order valence-corrected chi connectivity index (χ2v) is 6.90. The minimum Gasteiger partial charge on any atom is -0.398 e. The molecule has 0 aliphatic heterocycles. The first-order chi connectivity index (χ1) is 8.34. The molecule has 6 heteroatoms. The molecule has 18 heavy (non-hydrogen) atoms. The van der Waals surface area contributed by atoms with Crippen LogP contribution in [-0.2, 0) is 14.6 Å². The average Bonchev–Trinajstić information content (AvgIpc) is 2.23. The Kier molecular flexibility index (Phi) is 5.44. The van der Waals surface area contributed by atoms with E-state index < -0.39 is 9.84 Å². The van der Waals surface area contributed by atoms with Crippen LogP contribution in [0.2, 0.25) is 5.02 Å². The fourth-order valence-electron chi connectivity index (χ4n) is 1.44. The highest BCUT2D eigenvalue weighted by atomic mass is 35.5. The summed E-state index contributed by atoms with van der Waals surface area (Å²) in [6.45, 7) is 4.68. The van der Waals surface area contributed by atoms with E-state index in [0.717, 1.165) is 0 Å². The van der Waals surface area contributed by atoms with Crippen LogP contribution in [0.15, 0.2) is 23.1 Å². The van der Waals surface area contributed by atoms with Gasteiger partial charge in [0.2, 0.25) is 0 Å². The molecule has 0 saturated heterocycles. The topological polar surface area (TPSA) is 69.4 Å². The van der Waals surface area contributed by atoms with Gasteiger partial charge in [0.25, 0.3) is 0 Å². The van der Waals surface area contributed by atoms with Gasteiger partial charge in [-0.1, -0.05) is 31.5 Å². The van der Waals surface area contributed by atoms with Crippen molar-refractivity contribution in [1.29, 1.82) is 0 Å². The van der Waals surface area contributed by atoms with Crippen molar-refractivity contribution < 1.29 is 13.2 Å². The number of nitrogen functional groups attached to an aromatic ring is 1. The van der Waals surface area contributed by atoms with Gasteiger partial charge in [-0.2, -0.15) is 0 Å². The second kappa shape index (κ2) is 6.41. The number of benzene rings is 1. The van der Waals surface area contributed by atoms with E-state index in [1.54, 1.807) is 6.07 Å². The van der Waals surface area contributed by atoms with Crippen LogP contribution >= 0.6 is 11.6 Å². The van der Waals surface area contributed by atoms with Crippen molar-refractivity contribution >= 4 is 27.1 Å². The van der Waals surface area contributed by atoms with Gasteiger partial charge in [0, 0.05) is 6.61 Å². The second-order valence-electron chi connectivity index (χ2n) is 4.45. The van der Waals surface area contributed by atoms with E-state index >= 15 is 0 Å². The van der Waals surface area contributed by atoms with Crippen LogP contribution in [0, 0.1) is 5.92 Å². The zero-order valence-corrected chi connectivity index (χ0v) is 12.1. The van der Waals surface area contributed by atoms with Crippen LogP contribution in [0.25, 0.3) is 0 Å². The van der Waals surface area contributed by atoms with E-state index in [1.807, 2.05) is 13.8 Å². The highest BCUT2D eigenvalue weighted by molar-refractivity contribution is 7.91. The van der Waals surface area contributed by atoms with Crippen LogP contribution in [0.1, 0.15) is 13.8 Å². The largest absolute Gasteiger partial charge is 0.398 e. The molecule has 0 unspecified atom stereocenters. The average molecular weight is 292 g/mol. The molecule has 0 aromatic heterocycles. The summed E-state index contributed by atoms with van der Waals surface area (Å²) in [5.41, 5.74) is 5.83. The number of sulfone groups is 1. The van der Waals surface area contributed by atoms with Crippen molar-refractivity contribution in [2.24, 2.45) is 5.92 Å². The number of rotatable bonds is 6. The van der Waals surface area contributed by atoms with E-state index in [9.17, 15) is 8.42 Å². The van der Waals surface area contributed by atoms with Crippen LogP contribution in [0.4, 0.5) is 5.69 Å². The van der Waals surface area contributed by atoms with Gasteiger partial charge in [-0.3, -0.25) is 0 Å². The van der Waals surface area contributed by atoms with Crippen molar-refractivity contribution in [3.05, 3.63) is 23.2 Å². The summed E-state index contributed by atoms with van der Waals surface area (Å²) in [6, 6.07) is 4.65. The van der Waals surface area contributed by atoms with Gasteiger partial charge >= 0.3 is 0 Å². The summed E-state index contributed by atoms with van der Waals surface area (Å²) in [5.74, 6) is 0.256. The Bertz CT molecular complexity index is 480. The third kappa shape index (κ3) is 4.15. The normalized spacial score (nSPS) is 12.0. The molecule has 1 rings (SSSR count). The fourth-order valence-corrected chi connectivity index (χ4v) is 3.31. The quantitative estimate of drug-likeness (QED) is 0.645. The molecule has 0 heterocycles. The molecule has 1 aromatic carbocycles. The number of anilines is 1. The lowest BCUT2D eigenvalue weighted by molar-refractivity contribution is 0.123. The first-order valence-corrected chi connectivity index (χ1v) is 7.72. The smallest absolute Gasteiger partial charge is 0.184 e. The van der Waals surface area contributed by atoms with Crippen LogP contribution < -0.4 is 5.73 Å². The maximum absolute atomic E-state index is 12.1. The van der Waals surface area contributed by atoms with Gasteiger partial charge in [-0.25, -0.2) is 8.42 Å². The summed E-state index contributed by atoms with van der Waals surface area (Å²) in [5, 5.41) is 0.152. The van der Waals surface area contributed by atoms with Gasteiger partial charge in [0.15, 0.2) is 9.84 Å². The first kappa shape index (κ1) is 15.3. The molecule has 0 aliphatic rings. The molecule has 2 N–H and O–H groups in total. The van der Waals surface area contributed by atoms with Gasteiger partial charge in [-0.15, -0.1) is 0 Å². The SMILES string of the molecule is CC(C)COCCS(=O)(=O)c1c(N)cccc1Cl. The molecule has 0 radical (unpaired) electrons. The Hall–Kier alpha value is -0.780. The monoisotopic (exact) mass is 291 g/mol. The van der Waals surface area contributed by atoms with Gasteiger partial charge < -0.3 is 10.5 Å². The van der Waals surface area contributed by atoms with E-state index in [0.29, 0.717) is 12.5 Å². The molecule has 0 atom stereocenters. The molecule has 0 bridgehead atoms. The number of halogens is 1. The van der Waals surface area contributed by atoms with Crippen molar-refractivity contribution in [1.82, 2.24) is 0 Å². The predicted molar refractivity (Wildman–Crippen MR) is 73.6 cm³/mol. The molecule has 0 aliphatic carbocycles. The lowest BCUT2D eigenvalue weighted by atomic mass is 10.2. The summed E-state index contributed by atoms with van der Waals surface area (Å²) in [4.78, 5) is -0.000173. The number of hydrogen-bond donors (Lipinski definition) is 1. The zero-order valence-electron chi connectivity index (χ0n) is 10.5. The molecule has 0 spiro atoms. The molecule has 0 amide bonds. The Labute approximate surface area is 113 Å². The van der Waals surface area contributed by atoms with Crippen molar-refractivity contribution in [2.45, 2.75) is 18.7 Å². The van der Waals surface area contributed by atoms with Gasteiger partial charge in [0.05, 0.1) is 23.1 Å². The highest BCUT2D eigenvalue weighted by Gasteiger charge is 2.20. The van der Waals surface area contributed by atoms with Crippen LogP contribution in [0.3, 0.4) is 0 Å². The summed E-state index contributed by atoms with van der Waals surface area (Å²) in [6.07, 6.45) is 0.